The summed E-state index contributed by atoms with van der Waals surface area (Å²) in [4.78, 5) is 13.7. The minimum Gasteiger partial charge on any atom is -0.376 e. The lowest BCUT2D eigenvalue weighted by Crippen LogP contribution is -2.44. The number of carbonyl (C=O) groups excluding carboxylic acids is 1. The molecule has 1 aliphatic rings. The van der Waals surface area contributed by atoms with Gasteiger partial charge in [-0.3, -0.25) is 4.79 Å². The van der Waals surface area contributed by atoms with Gasteiger partial charge in [0.2, 0.25) is 5.91 Å². The van der Waals surface area contributed by atoms with Crippen LogP contribution in [0.1, 0.15) is 18.9 Å². The second-order valence-electron chi connectivity index (χ2n) is 4.12. The Morgan fingerprint density at radius 2 is 2.59 bits per heavy atom. The molecule has 94 valence electrons. The van der Waals surface area contributed by atoms with Crippen LogP contribution < -0.4 is 0 Å². The lowest BCUT2D eigenvalue weighted by molar-refractivity contribution is -0.132. The number of hydrogen-bond acceptors (Lipinski definition) is 4. The van der Waals surface area contributed by atoms with Crippen molar-refractivity contribution >= 4 is 29.0 Å². The van der Waals surface area contributed by atoms with Gasteiger partial charge in [0.15, 0.2) is 0 Å². The number of rotatable bonds is 4. The van der Waals surface area contributed by atoms with E-state index in [0.717, 1.165) is 12.0 Å². The van der Waals surface area contributed by atoms with Crippen LogP contribution in [0.15, 0.2) is 11.6 Å². The van der Waals surface area contributed by atoms with Crippen molar-refractivity contribution in [3.05, 3.63) is 17.1 Å². The summed E-state index contributed by atoms with van der Waals surface area (Å²) in [6, 6.07) is 0.126. The summed E-state index contributed by atoms with van der Waals surface area (Å²) in [6.45, 7) is 3.28. The van der Waals surface area contributed by atoms with Crippen molar-refractivity contribution in [2.75, 3.05) is 12.5 Å². The highest BCUT2D eigenvalue weighted by molar-refractivity contribution is 7.03. The molecule has 0 N–H and O–H groups in total. The predicted octanol–water partition coefficient (Wildman–Crippen LogP) is 1.89. The number of aromatic nitrogens is 1. The maximum atomic E-state index is 11.9. The summed E-state index contributed by atoms with van der Waals surface area (Å²) >= 11 is 7.06. The van der Waals surface area contributed by atoms with E-state index in [1.165, 1.54) is 11.5 Å². The normalized spacial score (nSPS) is 23.9. The molecule has 0 aliphatic carbocycles. The second kappa shape index (κ2) is 5.80. The van der Waals surface area contributed by atoms with Crippen LogP contribution in [-0.2, 0) is 16.1 Å². The molecule has 2 rings (SSSR count). The third kappa shape index (κ3) is 2.97. The highest BCUT2D eigenvalue weighted by Crippen LogP contribution is 2.22. The quantitative estimate of drug-likeness (QED) is 0.788. The minimum atomic E-state index is -0.0415. The van der Waals surface area contributed by atoms with Crippen molar-refractivity contribution in [3.8, 4) is 0 Å². The molecular formula is C11H15ClN2O2S. The zero-order valence-corrected chi connectivity index (χ0v) is 11.2. The first-order chi connectivity index (χ1) is 8.22. The van der Waals surface area contributed by atoms with Crippen LogP contribution >= 0.6 is 23.1 Å². The van der Waals surface area contributed by atoms with Gasteiger partial charge in [-0.15, -0.1) is 11.6 Å². The molecule has 1 aromatic heterocycles. The fraction of sp³-hybridized carbons (Fsp3) is 0.636. The van der Waals surface area contributed by atoms with Gasteiger partial charge in [0.1, 0.15) is 5.88 Å². The summed E-state index contributed by atoms with van der Waals surface area (Å²) in [7, 11) is 0. The van der Waals surface area contributed by atoms with E-state index in [0.29, 0.717) is 13.2 Å². The predicted molar refractivity (Wildman–Crippen MR) is 67.2 cm³/mol. The van der Waals surface area contributed by atoms with Gasteiger partial charge in [-0.25, -0.2) is 4.37 Å². The Kier molecular flexibility index (Phi) is 4.36. The van der Waals surface area contributed by atoms with Gasteiger partial charge in [0.25, 0.3) is 0 Å². The van der Waals surface area contributed by atoms with Crippen molar-refractivity contribution in [3.63, 3.8) is 0 Å². The topological polar surface area (TPSA) is 42.4 Å². The number of amides is 1. The molecule has 0 saturated carbocycles. The molecule has 1 aromatic rings. The number of carbonyl (C=O) groups is 1. The van der Waals surface area contributed by atoms with Gasteiger partial charge in [-0.05, 0) is 24.9 Å². The van der Waals surface area contributed by atoms with Crippen LogP contribution in [0.3, 0.4) is 0 Å². The van der Waals surface area contributed by atoms with E-state index >= 15 is 0 Å². The molecule has 1 aliphatic heterocycles. The Morgan fingerprint density at radius 3 is 3.12 bits per heavy atom. The minimum absolute atomic E-state index is 0.0147. The molecule has 0 bridgehead atoms. The number of halogens is 1. The number of hydrogen-bond donors (Lipinski definition) is 0. The Hall–Kier alpha value is -0.650. The first-order valence-electron chi connectivity index (χ1n) is 5.57. The number of alkyl halides is 1. The molecular weight excluding hydrogens is 260 g/mol. The van der Waals surface area contributed by atoms with E-state index in [1.807, 2.05) is 17.2 Å². The third-order valence-corrected chi connectivity index (χ3v) is 3.87. The largest absolute Gasteiger partial charge is 0.376 e. The molecule has 1 amide bonds. The van der Waals surface area contributed by atoms with Crippen molar-refractivity contribution in [1.82, 2.24) is 9.27 Å². The number of nitrogens with zero attached hydrogens (tertiary/aromatic N) is 2. The standard InChI is InChI=1S/C11H15ClN2O2S/c1-8-10(2-3-16-8)14(11(15)4-12)6-9-5-13-17-7-9/h5,7-8,10H,2-4,6H2,1H3/t8-,10-/m0/s1. The average molecular weight is 275 g/mol. The van der Waals surface area contributed by atoms with E-state index in [9.17, 15) is 4.79 Å². The Balaban J connectivity index is 2.10. The van der Waals surface area contributed by atoms with Crippen LogP contribution in [0.2, 0.25) is 0 Å². The van der Waals surface area contributed by atoms with Crippen LogP contribution in [0.25, 0.3) is 0 Å². The zero-order valence-electron chi connectivity index (χ0n) is 9.63. The smallest absolute Gasteiger partial charge is 0.238 e. The molecule has 0 aromatic carbocycles. The SMILES string of the molecule is C[C@@H]1OCC[C@@H]1N(Cc1cnsc1)C(=O)CCl. The van der Waals surface area contributed by atoms with E-state index in [1.54, 1.807) is 6.20 Å². The van der Waals surface area contributed by atoms with Crippen LogP contribution in [0.4, 0.5) is 0 Å². The summed E-state index contributed by atoms with van der Waals surface area (Å²) in [5.74, 6) is -0.0268. The van der Waals surface area contributed by atoms with Crippen LogP contribution in [0.5, 0.6) is 0 Å². The number of ether oxygens (including phenoxy) is 1. The average Bonchev–Trinajstić information content (AvgIpc) is 2.96. The van der Waals surface area contributed by atoms with E-state index in [4.69, 9.17) is 16.3 Å². The summed E-state index contributed by atoms with van der Waals surface area (Å²) in [5.41, 5.74) is 1.05. The van der Waals surface area contributed by atoms with Crippen molar-refractivity contribution in [1.29, 1.82) is 0 Å². The maximum Gasteiger partial charge on any atom is 0.238 e. The zero-order chi connectivity index (χ0) is 12.3. The molecule has 2 heterocycles. The molecule has 0 radical (unpaired) electrons. The highest BCUT2D eigenvalue weighted by Gasteiger charge is 2.32. The first-order valence-corrected chi connectivity index (χ1v) is 6.94. The lowest BCUT2D eigenvalue weighted by Gasteiger charge is -2.30. The second-order valence-corrected chi connectivity index (χ2v) is 5.04. The fourth-order valence-corrected chi connectivity index (χ4v) is 2.78. The molecule has 0 spiro atoms. The maximum absolute atomic E-state index is 11.9. The van der Waals surface area contributed by atoms with Crippen LogP contribution in [-0.4, -0.2) is 39.8 Å². The van der Waals surface area contributed by atoms with E-state index < -0.39 is 0 Å². The van der Waals surface area contributed by atoms with Crippen LogP contribution in [0, 0.1) is 0 Å². The van der Waals surface area contributed by atoms with Gasteiger partial charge in [0.05, 0.1) is 12.1 Å². The van der Waals surface area contributed by atoms with Gasteiger partial charge in [-0.2, -0.15) is 0 Å². The van der Waals surface area contributed by atoms with Gasteiger partial charge in [0, 0.05) is 30.3 Å². The van der Waals surface area contributed by atoms with Gasteiger partial charge in [-0.1, -0.05) is 0 Å². The molecule has 4 nitrogen and oxygen atoms in total. The van der Waals surface area contributed by atoms with Crippen molar-refractivity contribution in [2.45, 2.75) is 32.0 Å². The van der Waals surface area contributed by atoms with Gasteiger partial charge < -0.3 is 9.64 Å². The molecule has 17 heavy (non-hydrogen) atoms. The van der Waals surface area contributed by atoms with Crippen molar-refractivity contribution < 1.29 is 9.53 Å². The fourth-order valence-electron chi connectivity index (χ4n) is 2.10. The first kappa shape index (κ1) is 12.8. The monoisotopic (exact) mass is 274 g/mol. The Morgan fingerprint density at radius 1 is 1.76 bits per heavy atom. The summed E-state index contributed by atoms with van der Waals surface area (Å²) in [6.07, 6.45) is 2.75. The highest BCUT2D eigenvalue weighted by atomic mass is 35.5. The molecule has 1 fully saturated rings. The van der Waals surface area contributed by atoms with E-state index in [2.05, 4.69) is 4.37 Å². The Bertz CT molecular complexity index is 372. The molecule has 1 saturated heterocycles. The molecule has 2 atom stereocenters. The van der Waals surface area contributed by atoms with Crippen molar-refractivity contribution in [2.24, 2.45) is 0 Å². The summed E-state index contributed by atoms with van der Waals surface area (Å²) < 4.78 is 9.56. The Labute approximate surface area is 110 Å². The lowest BCUT2D eigenvalue weighted by atomic mass is 10.1. The van der Waals surface area contributed by atoms with Gasteiger partial charge >= 0.3 is 0 Å². The summed E-state index contributed by atoms with van der Waals surface area (Å²) in [5, 5.41) is 1.95. The van der Waals surface area contributed by atoms with E-state index in [-0.39, 0.29) is 23.9 Å². The molecule has 0 unspecified atom stereocenters. The third-order valence-electron chi connectivity index (χ3n) is 3.01. The molecule has 6 heteroatoms.